The number of carbonyl (C=O) groups excluding carboxylic acids is 1. The van der Waals surface area contributed by atoms with E-state index in [1.54, 1.807) is 0 Å². The van der Waals surface area contributed by atoms with E-state index < -0.39 is 44.3 Å². The summed E-state index contributed by atoms with van der Waals surface area (Å²) in [5, 5.41) is 21.4. The zero-order chi connectivity index (χ0) is 14.7. The summed E-state index contributed by atoms with van der Waals surface area (Å²) in [6.07, 6.45) is 0. The van der Waals surface area contributed by atoms with Gasteiger partial charge in [0, 0.05) is 0 Å². The number of halogens is 1. The average molecular weight is 274 g/mol. The Morgan fingerprint density at radius 1 is 1.21 bits per heavy atom. The third-order valence-corrected chi connectivity index (χ3v) is 2.16. The van der Waals surface area contributed by atoms with Gasteiger partial charge in [-0.1, -0.05) is 0 Å². The van der Waals surface area contributed by atoms with Crippen molar-refractivity contribution in [2.75, 3.05) is 14.2 Å². The number of carbonyl (C=O) groups is 1. The summed E-state index contributed by atoms with van der Waals surface area (Å²) < 4.78 is 22.6. The lowest BCUT2D eigenvalue weighted by atomic mass is 10.1. The third kappa shape index (κ3) is 2.41. The molecular weight excluding hydrogens is 267 g/mol. The van der Waals surface area contributed by atoms with E-state index in [2.05, 4.69) is 9.47 Å². The number of esters is 1. The van der Waals surface area contributed by atoms with Gasteiger partial charge in [0.2, 0.25) is 11.6 Å². The summed E-state index contributed by atoms with van der Waals surface area (Å²) in [4.78, 5) is 30.5. The minimum atomic E-state index is -1.56. The highest BCUT2D eigenvalue weighted by atomic mass is 19.1. The highest BCUT2D eigenvalue weighted by molar-refractivity contribution is 5.95. The maximum Gasteiger partial charge on any atom is 0.345 e. The average Bonchev–Trinajstić information content (AvgIpc) is 2.36. The maximum atomic E-state index is 13.8. The minimum absolute atomic E-state index is 0.376. The van der Waals surface area contributed by atoms with Gasteiger partial charge in [-0.25, -0.2) is 4.79 Å². The van der Waals surface area contributed by atoms with Crippen LogP contribution in [0.4, 0.5) is 15.8 Å². The van der Waals surface area contributed by atoms with Crippen molar-refractivity contribution in [3.8, 4) is 5.75 Å². The molecule has 0 saturated heterocycles. The van der Waals surface area contributed by atoms with Crippen molar-refractivity contribution < 1.29 is 28.5 Å². The fraction of sp³-hybridized carbons (Fsp3) is 0.222. The van der Waals surface area contributed by atoms with Gasteiger partial charge in [-0.05, 0) is 0 Å². The molecule has 0 aliphatic heterocycles. The van der Waals surface area contributed by atoms with Crippen molar-refractivity contribution in [3.05, 3.63) is 37.7 Å². The smallest absolute Gasteiger partial charge is 0.345 e. The second kappa shape index (κ2) is 5.25. The van der Waals surface area contributed by atoms with E-state index in [4.69, 9.17) is 0 Å². The quantitative estimate of drug-likeness (QED) is 0.462. The second-order valence-electron chi connectivity index (χ2n) is 3.14. The van der Waals surface area contributed by atoms with E-state index in [0.717, 1.165) is 14.2 Å². The molecule has 0 aromatic heterocycles. The standard InChI is InChI=1S/C9H7FN2O7/c1-18-8-5(12(16)17)3-4(11(14)15)7(10)6(8)9(13)19-2/h3H,1-2H3. The van der Waals surface area contributed by atoms with Crippen molar-refractivity contribution in [1.29, 1.82) is 0 Å². The van der Waals surface area contributed by atoms with Crippen LogP contribution < -0.4 is 4.74 Å². The number of methoxy groups -OCH3 is 2. The number of nitro benzene ring substituents is 2. The molecular formula is C9H7FN2O7. The predicted molar refractivity (Wildman–Crippen MR) is 57.6 cm³/mol. The zero-order valence-electron chi connectivity index (χ0n) is 9.71. The van der Waals surface area contributed by atoms with Crippen LogP contribution in [0.2, 0.25) is 0 Å². The molecule has 0 unspecified atom stereocenters. The fourth-order valence-electron chi connectivity index (χ4n) is 1.37. The Morgan fingerprint density at radius 2 is 1.74 bits per heavy atom. The van der Waals surface area contributed by atoms with Crippen LogP contribution in [0.1, 0.15) is 10.4 Å². The lowest BCUT2D eigenvalue weighted by molar-refractivity contribution is -0.396. The Balaban J connectivity index is 3.79. The zero-order valence-corrected chi connectivity index (χ0v) is 9.71. The fourth-order valence-corrected chi connectivity index (χ4v) is 1.37. The molecule has 0 amide bonds. The molecule has 0 N–H and O–H groups in total. The number of nitro groups is 2. The Morgan fingerprint density at radius 3 is 2.11 bits per heavy atom. The van der Waals surface area contributed by atoms with E-state index in [0.29, 0.717) is 6.07 Å². The van der Waals surface area contributed by atoms with Crippen LogP contribution in [-0.2, 0) is 4.74 Å². The Bertz CT molecular complexity index is 572. The number of hydrogen-bond donors (Lipinski definition) is 0. The molecule has 0 aliphatic carbocycles. The van der Waals surface area contributed by atoms with E-state index in [9.17, 15) is 29.4 Å². The Hall–Kier alpha value is -2.78. The molecule has 102 valence electrons. The molecule has 0 bridgehead atoms. The van der Waals surface area contributed by atoms with E-state index in [1.165, 1.54) is 0 Å². The molecule has 1 aromatic rings. The monoisotopic (exact) mass is 274 g/mol. The maximum absolute atomic E-state index is 13.8. The summed E-state index contributed by atoms with van der Waals surface area (Å²) in [5.74, 6) is -3.61. The van der Waals surface area contributed by atoms with Gasteiger partial charge in [0.15, 0.2) is 5.56 Å². The van der Waals surface area contributed by atoms with Gasteiger partial charge < -0.3 is 9.47 Å². The van der Waals surface area contributed by atoms with Crippen molar-refractivity contribution in [3.63, 3.8) is 0 Å². The molecule has 0 saturated carbocycles. The van der Waals surface area contributed by atoms with Gasteiger partial charge in [0.05, 0.1) is 24.1 Å². The van der Waals surface area contributed by atoms with Gasteiger partial charge in [-0.3, -0.25) is 20.2 Å². The van der Waals surface area contributed by atoms with Crippen molar-refractivity contribution >= 4 is 17.3 Å². The normalized spacial score (nSPS) is 9.84. The number of nitrogens with zero attached hydrogens (tertiary/aromatic N) is 2. The van der Waals surface area contributed by atoms with Crippen LogP contribution in [0.25, 0.3) is 0 Å². The van der Waals surface area contributed by atoms with Gasteiger partial charge in [0.1, 0.15) is 6.07 Å². The molecule has 0 spiro atoms. The van der Waals surface area contributed by atoms with Crippen molar-refractivity contribution in [2.24, 2.45) is 0 Å². The Kier molecular flexibility index (Phi) is 3.94. The lowest BCUT2D eigenvalue weighted by Crippen LogP contribution is -2.11. The summed E-state index contributed by atoms with van der Waals surface area (Å²) in [6, 6.07) is 0.376. The van der Waals surface area contributed by atoms with Crippen LogP contribution in [0.5, 0.6) is 5.75 Å². The largest absolute Gasteiger partial charge is 0.489 e. The summed E-state index contributed by atoms with van der Waals surface area (Å²) in [7, 11) is 1.85. The summed E-state index contributed by atoms with van der Waals surface area (Å²) >= 11 is 0. The Labute approximate surface area is 104 Å². The minimum Gasteiger partial charge on any atom is -0.489 e. The molecule has 0 atom stereocenters. The highest BCUT2D eigenvalue weighted by Gasteiger charge is 2.35. The van der Waals surface area contributed by atoms with Crippen LogP contribution >= 0.6 is 0 Å². The molecule has 1 rings (SSSR count). The molecule has 1 aromatic carbocycles. The number of rotatable bonds is 4. The first-order chi connectivity index (χ1) is 8.84. The molecule has 19 heavy (non-hydrogen) atoms. The number of hydrogen-bond acceptors (Lipinski definition) is 7. The van der Waals surface area contributed by atoms with Crippen LogP contribution in [0.15, 0.2) is 6.07 Å². The SMILES string of the molecule is COC(=O)c1c(F)c([N+](=O)[O-])cc([N+](=O)[O-])c1OC. The van der Waals surface area contributed by atoms with E-state index in [1.807, 2.05) is 0 Å². The summed E-state index contributed by atoms with van der Waals surface area (Å²) in [5.41, 5.74) is -3.12. The molecule has 0 aliphatic rings. The van der Waals surface area contributed by atoms with Crippen molar-refractivity contribution in [1.82, 2.24) is 0 Å². The second-order valence-corrected chi connectivity index (χ2v) is 3.14. The third-order valence-electron chi connectivity index (χ3n) is 2.16. The molecule has 0 radical (unpaired) electrons. The number of benzene rings is 1. The topological polar surface area (TPSA) is 122 Å². The highest BCUT2D eigenvalue weighted by Crippen LogP contribution is 2.38. The first-order valence-corrected chi connectivity index (χ1v) is 4.62. The van der Waals surface area contributed by atoms with Gasteiger partial charge >= 0.3 is 17.3 Å². The van der Waals surface area contributed by atoms with Crippen LogP contribution in [0, 0.1) is 26.0 Å². The first kappa shape index (κ1) is 14.3. The van der Waals surface area contributed by atoms with Crippen LogP contribution in [-0.4, -0.2) is 30.0 Å². The molecule has 0 fully saturated rings. The van der Waals surface area contributed by atoms with E-state index >= 15 is 0 Å². The van der Waals surface area contributed by atoms with Crippen LogP contribution in [0.3, 0.4) is 0 Å². The van der Waals surface area contributed by atoms with Gasteiger partial charge in [-0.15, -0.1) is 0 Å². The van der Waals surface area contributed by atoms with E-state index in [-0.39, 0.29) is 0 Å². The van der Waals surface area contributed by atoms with Gasteiger partial charge in [-0.2, -0.15) is 4.39 Å². The molecule has 0 heterocycles. The molecule has 10 heteroatoms. The lowest BCUT2D eigenvalue weighted by Gasteiger charge is -2.08. The first-order valence-electron chi connectivity index (χ1n) is 4.62. The summed E-state index contributed by atoms with van der Waals surface area (Å²) in [6.45, 7) is 0. The van der Waals surface area contributed by atoms with Crippen molar-refractivity contribution in [2.45, 2.75) is 0 Å². The molecule has 9 nitrogen and oxygen atoms in total. The van der Waals surface area contributed by atoms with Gasteiger partial charge in [0.25, 0.3) is 0 Å². The number of ether oxygens (including phenoxy) is 2. The predicted octanol–water partition coefficient (Wildman–Crippen LogP) is 1.44.